The minimum atomic E-state index is -0.0803. The summed E-state index contributed by atoms with van der Waals surface area (Å²) in [5, 5.41) is 10.5. The second-order valence-electron chi connectivity index (χ2n) is 5.51. The van der Waals surface area contributed by atoms with Crippen LogP contribution in [0.2, 0.25) is 0 Å². The number of aromatic nitrogens is 3. The molecule has 22 heavy (non-hydrogen) atoms. The molecular weight excluding hydrogens is 278 g/mol. The summed E-state index contributed by atoms with van der Waals surface area (Å²) in [5.74, 6) is 0.236. The number of pyridine rings is 1. The zero-order valence-corrected chi connectivity index (χ0v) is 13.3. The first-order valence-corrected chi connectivity index (χ1v) is 7.54. The van der Waals surface area contributed by atoms with Crippen molar-refractivity contribution in [2.45, 2.75) is 26.2 Å². The SMILES string of the molecule is CC(C)c1cc(C(=O)NCCCNc2cccnc2)n(C)n1. The third kappa shape index (κ3) is 4.31. The lowest BCUT2D eigenvalue weighted by atomic mass is 10.1. The molecule has 0 saturated carbocycles. The molecule has 0 saturated heterocycles. The van der Waals surface area contributed by atoms with Crippen LogP contribution in [0, 0.1) is 0 Å². The van der Waals surface area contributed by atoms with E-state index in [0.29, 0.717) is 18.2 Å². The molecule has 0 spiro atoms. The summed E-state index contributed by atoms with van der Waals surface area (Å²) < 4.78 is 1.64. The van der Waals surface area contributed by atoms with E-state index in [1.807, 2.05) is 18.2 Å². The minimum Gasteiger partial charge on any atom is -0.384 e. The number of anilines is 1. The van der Waals surface area contributed by atoms with Gasteiger partial charge in [-0.2, -0.15) is 5.10 Å². The van der Waals surface area contributed by atoms with Gasteiger partial charge in [0, 0.05) is 32.5 Å². The highest BCUT2D eigenvalue weighted by molar-refractivity contribution is 5.92. The molecule has 2 heterocycles. The molecule has 0 aliphatic rings. The molecule has 2 aromatic heterocycles. The Morgan fingerprint density at radius 1 is 1.36 bits per heavy atom. The Hall–Kier alpha value is -2.37. The van der Waals surface area contributed by atoms with Gasteiger partial charge in [0.25, 0.3) is 5.91 Å². The molecule has 6 heteroatoms. The lowest BCUT2D eigenvalue weighted by molar-refractivity contribution is 0.0944. The Bertz CT molecular complexity index is 606. The first-order chi connectivity index (χ1) is 10.6. The second-order valence-corrected chi connectivity index (χ2v) is 5.51. The summed E-state index contributed by atoms with van der Waals surface area (Å²) >= 11 is 0. The summed E-state index contributed by atoms with van der Waals surface area (Å²) in [6, 6.07) is 5.71. The van der Waals surface area contributed by atoms with Crippen molar-refractivity contribution < 1.29 is 4.79 Å². The fraction of sp³-hybridized carbons (Fsp3) is 0.438. The maximum atomic E-state index is 12.1. The van der Waals surface area contributed by atoms with Gasteiger partial charge in [-0.3, -0.25) is 14.5 Å². The number of hydrogen-bond donors (Lipinski definition) is 2. The fourth-order valence-corrected chi connectivity index (χ4v) is 2.06. The third-order valence-electron chi connectivity index (χ3n) is 3.35. The maximum Gasteiger partial charge on any atom is 0.269 e. The second kappa shape index (κ2) is 7.59. The van der Waals surface area contributed by atoms with E-state index in [9.17, 15) is 4.79 Å². The predicted molar refractivity (Wildman–Crippen MR) is 87.0 cm³/mol. The number of aryl methyl sites for hydroxylation is 1. The van der Waals surface area contributed by atoms with Crippen molar-refractivity contribution in [1.82, 2.24) is 20.1 Å². The average molecular weight is 301 g/mol. The van der Waals surface area contributed by atoms with Crippen molar-refractivity contribution in [3.63, 3.8) is 0 Å². The van der Waals surface area contributed by atoms with Crippen molar-refractivity contribution in [3.8, 4) is 0 Å². The van der Waals surface area contributed by atoms with Gasteiger partial charge < -0.3 is 10.6 Å². The number of carbonyl (C=O) groups is 1. The Balaban J connectivity index is 1.74. The Morgan fingerprint density at radius 3 is 2.82 bits per heavy atom. The van der Waals surface area contributed by atoms with E-state index in [1.54, 1.807) is 24.1 Å². The number of hydrogen-bond acceptors (Lipinski definition) is 4. The Labute approximate surface area is 130 Å². The van der Waals surface area contributed by atoms with Crippen LogP contribution in [0.4, 0.5) is 5.69 Å². The highest BCUT2D eigenvalue weighted by atomic mass is 16.2. The highest BCUT2D eigenvalue weighted by Gasteiger charge is 2.14. The van der Waals surface area contributed by atoms with Gasteiger partial charge in [0.1, 0.15) is 5.69 Å². The monoisotopic (exact) mass is 301 g/mol. The molecule has 0 aliphatic heterocycles. The van der Waals surface area contributed by atoms with Gasteiger partial charge in [0.05, 0.1) is 11.4 Å². The Morgan fingerprint density at radius 2 is 2.18 bits per heavy atom. The first kappa shape index (κ1) is 16.0. The molecule has 2 rings (SSSR count). The van der Waals surface area contributed by atoms with Gasteiger partial charge in [-0.15, -0.1) is 0 Å². The van der Waals surface area contributed by atoms with Crippen molar-refractivity contribution >= 4 is 11.6 Å². The molecule has 2 aromatic rings. The number of rotatable bonds is 7. The van der Waals surface area contributed by atoms with Gasteiger partial charge in [-0.1, -0.05) is 13.8 Å². The van der Waals surface area contributed by atoms with Gasteiger partial charge in [-0.05, 0) is 30.5 Å². The minimum absolute atomic E-state index is 0.0803. The van der Waals surface area contributed by atoms with Crippen LogP contribution < -0.4 is 10.6 Å². The molecule has 0 bridgehead atoms. The van der Waals surface area contributed by atoms with Crippen LogP contribution in [0.25, 0.3) is 0 Å². The molecule has 0 radical (unpaired) electrons. The molecule has 0 fully saturated rings. The van der Waals surface area contributed by atoms with Crippen molar-refractivity contribution in [2.75, 3.05) is 18.4 Å². The number of nitrogens with one attached hydrogen (secondary N) is 2. The molecule has 6 nitrogen and oxygen atoms in total. The lowest BCUT2D eigenvalue weighted by Crippen LogP contribution is -2.27. The topological polar surface area (TPSA) is 71.8 Å². The normalized spacial score (nSPS) is 10.7. The van der Waals surface area contributed by atoms with Crippen LogP contribution in [-0.2, 0) is 7.05 Å². The van der Waals surface area contributed by atoms with E-state index < -0.39 is 0 Å². The summed E-state index contributed by atoms with van der Waals surface area (Å²) in [4.78, 5) is 16.2. The van der Waals surface area contributed by atoms with Crippen LogP contribution in [0.1, 0.15) is 42.4 Å². The van der Waals surface area contributed by atoms with Crippen LogP contribution in [0.3, 0.4) is 0 Å². The van der Waals surface area contributed by atoms with Crippen LogP contribution in [-0.4, -0.2) is 33.8 Å². The molecule has 1 amide bonds. The first-order valence-electron chi connectivity index (χ1n) is 7.54. The van der Waals surface area contributed by atoms with Crippen molar-refractivity contribution in [1.29, 1.82) is 0 Å². The maximum absolute atomic E-state index is 12.1. The zero-order valence-electron chi connectivity index (χ0n) is 13.3. The standard InChI is InChI=1S/C16H23N5O/c1-12(2)14-10-15(21(3)20-14)16(22)19-9-5-8-18-13-6-4-7-17-11-13/h4,6-7,10-12,18H,5,8-9H2,1-3H3,(H,19,22). The van der Waals surface area contributed by atoms with E-state index in [1.165, 1.54) is 0 Å². The molecular formula is C16H23N5O. The number of nitrogens with zero attached hydrogens (tertiary/aromatic N) is 3. The number of carbonyl (C=O) groups excluding carboxylic acids is 1. The smallest absolute Gasteiger partial charge is 0.269 e. The van der Waals surface area contributed by atoms with Crippen LogP contribution >= 0.6 is 0 Å². The summed E-state index contributed by atoms with van der Waals surface area (Å²) in [6.45, 7) is 5.53. The van der Waals surface area contributed by atoms with Gasteiger partial charge in [0.15, 0.2) is 0 Å². The van der Waals surface area contributed by atoms with Gasteiger partial charge >= 0.3 is 0 Å². The molecule has 0 unspecified atom stereocenters. The summed E-state index contributed by atoms with van der Waals surface area (Å²) in [7, 11) is 1.80. The van der Waals surface area contributed by atoms with E-state index in [0.717, 1.165) is 24.3 Å². The van der Waals surface area contributed by atoms with Crippen molar-refractivity contribution in [3.05, 3.63) is 42.0 Å². The summed E-state index contributed by atoms with van der Waals surface area (Å²) in [6.07, 6.45) is 4.36. The van der Waals surface area contributed by atoms with E-state index in [2.05, 4.69) is 34.6 Å². The third-order valence-corrected chi connectivity index (χ3v) is 3.35. The number of amides is 1. The molecule has 0 aromatic carbocycles. The highest BCUT2D eigenvalue weighted by Crippen LogP contribution is 2.13. The zero-order chi connectivity index (χ0) is 15.9. The molecule has 0 atom stereocenters. The average Bonchev–Trinajstić information content (AvgIpc) is 2.90. The quantitative estimate of drug-likeness (QED) is 0.769. The van der Waals surface area contributed by atoms with E-state index in [4.69, 9.17) is 0 Å². The largest absolute Gasteiger partial charge is 0.384 e. The van der Waals surface area contributed by atoms with Crippen LogP contribution in [0.15, 0.2) is 30.6 Å². The fourth-order valence-electron chi connectivity index (χ4n) is 2.06. The van der Waals surface area contributed by atoms with Crippen LogP contribution in [0.5, 0.6) is 0 Å². The predicted octanol–water partition coefficient (Wildman–Crippen LogP) is 2.17. The van der Waals surface area contributed by atoms with Crippen molar-refractivity contribution in [2.24, 2.45) is 7.05 Å². The van der Waals surface area contributed by atoms with Gasteiger partial charge in [0.2, 0.25) is 0 Å². The van der Waals surface area contributed by atoms with E-state index in [-0.39, 0.29) is 5.91 Å². The van der Waals surface area contributed by atoms with E-state index >= 15 is 0 Å². The Kier molecular flexibility index (Phi) is 5.52. The molecule has 2 N–H and O–H groups in total. The molecule has 118 valence electrons. The molecule has 0 aliphatic carbocycles. The summed E-state index contributed by atoms with van der Waals surface area (Å²) in [5.41, 5.74) is 2.52. The lowest BCUT2D eigenvalue weighted by Gasteiger charge is -2.07. The van der Waals surface area contributed by atoms with Gasteiger partial charge in [-0.25, -0.2) is 0 Å².